The van der Waals surface area contributed by atoms with Crippen LogP contribution >= 0.6 is 0 Å². The second kappa shape index (κ2) is 7.04. The largest absolute Gasteiger partial charge is 0.278 e. The molecule has 0 aliphatic rings. The van der Waals surface area contributed by atoms with E-state index in [1.54, 1.807) is 30.3 Å². The maximum absolute atomic E-state index is 12.1. The first-order valence-electron chi connectivity index (χ1n) is 7.46. The molecule has 1 N–H and O–H groups in total. The molecule has 0 radical (unpaired) electrons. The molecule has 0 fully saturated rings. The number of hydrogen-bond acceptors (Lipinski definition) is 4. The van der Waals surface area contributed by atoms with Crippen LogP contribution in [0.1, 0.15) is 42.3 Å². The van der Waals surface area contributed by atoms with E-state index in [1.807, 2.05) is 12.1 Å². The molecule has 0 aromatic heterocycles. The number of hydrazone groups is 1. The zero-order chi connectivity index (χ0) is 17.7. The van der Waals surface area contributed by atoms with Gasteiger partial charge in [0.05, 0.1) is 16.7 Å². The van der Waals surface area contributed by atoms with Crippen LogP contribution in [0.5, 0.6) is 0 Å². The average molecular weight is 325 g/mol. The number of nitrogens with one attached hydrogen (secondary N) is 1. The fraction of sp³-hybridized carbons (Fsp3) is 0.222. The fourth-order valence-corrected chi connectivity index (χ4v) is 2.11. The number of nitro benzene ring substituents is 1. The molecule has 0 spiro atoms. The first kappa shape index (κ1) is 17.3. The molecule has 2 aromatic rings. The Hall–Kier alpha value is -3.02. The van der Waals surface area contributed by atoms with Crippen molar-refractivity contribution in [1.29, 1.82) is 0 Å². The summed E-state index contributed by atoms with van der Waals surface area (Å²) >= 11 is 0. The predicted octanol–water partition coefficient (Wildman–Crippen LogP) is 3.66. The van der Waals surface area contributed by atoms with E-state index in [4.69, 9.17) is 0 Å². The molecule has 6 heteroatoms. The molecule has 0 saturated heterocycles. The zero-order valence-electron chi connectivity index (χ0n) is 13.8. The van der Waals surface area contributed by atoms with Crippen LogP contribution in [-0.4, -0.2) is 17.0 Å². The van der Waals surface area contributed by atoms with Gasteiger partial charge in [-0.25, -0.2) is 5.43 Å². The molecule has 24 heavy (non-hydrogen) atoms. The van der Waals surface area contributed by atoms with Gasteiger partial charge in [0.1, 0.15) is 0 Å². The molecule has 0 aliphatic heterocycles. The Balaban J connectivity index is 2.07. The van der Waals surface area contributed by atoms with Gasteiger partial charge in [-0.05, 0) is 29.2 Å². The number of carbonyl (C=O) groups excluding carboxylic acids is 1. The summed E-state index contributed by atoms with van der Waals surface area (Å²) in [5.41, 5.74) is 4.26. The van der Waals surface area contributed by atoms with Crippen molar-refractivity contribution in [3.05, 3.63) is 75.3 Å². The van der Waals surface area contributed by atoms with E-state index in [9.17, 15) is 14.9 Å². The summed E-state index contributed by atoms with van der Waals surface area (Å²) in [5, 5.41) is 14.7. The Morgan fingerprint density at radius 1 is 1.12 bits per heavy atom. The maximum Gasteiger partial charge on any atom is 0.278 e. The quantitative estimate of drug-likeness (QED) is 0.529. The minimum Gasteiger partial charge on any atom is -0.267 e. The van der Waals surface area contributed by atoms with E-state index in [2.05, 4.69) is 31.3 Å². The van der Waals surface area contributed by atoms with Gasteiger partial charge in [-0.1, -0.05) is 45.0 Å². The van der Waals surface area contributed by atoms with Crippen molar-refractivity contribution in [2.45, 2.75) is 26.2 Å². The van der Waals surface area contributed by atoms with Gasteiger partial charge in [0.15, 0.2) is 0 Å². The number of amides is 1. The number of nitro groups is 1. The van der Waals surface area contributed by atoms with E-state index in [0.717, 1.165) is 5.56 Å². The third-order valence-corrected chi connectivity index (χ3v) is 3.52. The molecule has 0 bridgehead atoms. The van der Waals surface area contributed by atoms with Crippen molar-refractivity contribution in [3.63, 3.8) is 0 Å². The van der Waals surface area contributed by atoms with Gasteiger partial charge in [-0.3, -0.25) is 14.9 Å². The van der Waals surface area contributed by atoms with E-state index < -0.39 is 4.92 Å². The Labute approximate surface area is 140 Å². The van der Waals surface area contributed by atoms with E-state index >= 15 is 0 Å². The lowest BCUT2D eigenvalue weighted by atomic mass is 9.87. The highest BCUT2D eigenvalue weighted by molar-refractivity contribution is 5.95. The van der Waals surface area contributed by atoms with Gasteiger partial charge in [0, 0.05) is 11.6 Å². The van der Waals surface area contributed by atoms with E-state index in [0.29, 0.717) is 11.1 Å². The Kier molecular flexibility index (Phi) is 5.08. The molecule has 0 aliphatic carbocycles. The van der Waals surface area contributed by atoms with E-state index in [1.165, 1.54) is 12.3 Å². The second-order valence-electron chi connectivity index (χ2n) is 6.34. The number of carbonyl (C=O) groups is 1. The molecule has 2 rings (SSSR count). The Bertz CT molecular complexity index is 775. The molecular formula is C18H19N3O3. The molecule has 6 nitrogen and oxygen atoms in total. The molecule has 0 unspecified atom stereocenters. The van der Waals surface area contributed by atoms with Crippen LogP contribution in [-0.2, 0) is 5.41 Å². The average Bonchev–Trinajstić information content (AvgIpc) is 2.54. The highest BCUT2D eigenvalue weighted by Crippen LogP contribution is 2.22. The van der Waals surface area contributed by atoms with Gasteiger partial charge in [-0.2, -0.15) is 5.10 Å². The van der Waals surface area contributed by atoms with Crippen LogP contribution in [0, 0.1) is 10.1 Å². The number of benzene rings is 2. The summed E-state index contributed by atoms with van der Waals surface area (Å²) in [6, 6.07) is 13.5. The normalized spacial score (nSPS) is 11.5. The third kappa shape index (κ3) is 4.25. The molecule has 124 valence electrons. The lowest BCUT2D eigenvalue weighted by molar-refractivity contribution is -0.385. The van der Waals surface area contributed by atoms with Crippen molar-refractivity contribution in [2.75, 3.05) is 0 Å². The monoisotopic (exact) mass is 325 g/mol. The Morgan fingerprint density at radius 2 is 1.75 bits per heavy atom. The number of nitrogens with zero attached hydrogens (tertiary/aromatic N) is 2. The number of hydrogen-bond donors (Lipinski definition) is 1. The SMILES string of the molecule is CC(C)(C)c1ccc(C(=O)NN=Cc2ccccc2[N+](=O)[O-])cc1. The van der Waals surface area contributed by atoms with E-state index in [-0.39, 0.29) is 17.0 Å². The maximum atomic E-state index is 12.1. The van der Waals surface area contributed by atoms with Crippen molar-refractivity contribution >= 4 is 17.8 Å². The van der Waals surface area contributed by atoms with Crippen molar-refractivity contribution in [2.24, 2.45) is 5.10 Å². The second-order valence-corrected chi connectivity index (χ2v) is 6.34. The minimum atomic E-state index is -0.492. The molecule has 0 heterocycles. The summed E-state index contributed by atoms with van der Waals surface area (Å²) in [6.07, 6.45) is 1.26. The smallest absolute Gasteiger partial charge is 0.267 e. The number of rotatable bonds is 4. The number of para-hydroxylation sites is 1. The topological polar surface area (TPSA) is 84.6 Å². The van der Waals surface area contributed by atoms with Gasteiger partial charge < -0.3 is 0 Å². The van der Waals surface area contributed by atoms with Crippen LogP contribution in [0.4, 0.5) is 5.69 Å². The lowest BCUT2D eigenvalue weighted by Crippen LogP contribution is -2.18. The molecule has 2 aromatic carbocycles. The predicted molar refractivity (Wildman–Crippen MR) is 93.3 cm³/mol. The van der Waals surface area contributed by atoms with Crippen LogP contribution < -0.4 is 5.43 Å². The first-order chi connectivity index (χ1) is 11.3. The zero-order valence-corrected chi connectivity index (χ0v) is 13.8. The summed E-state index contributed by atoms with van der Waals surface area (Å²) in [4.78, 5) is 22.5. The summed E-state index contributed by atoms with van der Waals surface area (Å²) in [6.45, 7) is 6.29. The highest BCUT2D eigenvalue weighted by Gasteiger charge is 2.14. The van der Waals surface area contributed by atoms with Gasteiger partial charge >= 0.3 is 0 Å². The minimum absolute atomic E-state index is 0.0133. The Morgan fingerprint density at radius 3 is 2.33 bits per heavy atom. The summed E-state index contributed by atoms with van der Waals surface area (Å²) in [5.74, 6) is -0.370. The van der Waals surface area contributed by atoms with Crippen molar-refractivity contribution in [3.8, 4) is 0 Å². The van der Waals surface area contributed by atoms with Crippen LogP contribution in [0.25, 0.3) is 0 Å². The highest BCUT2D eigenvalue weighted by atomic mass is 16.6. The summed E-state index contributed by atoms with van der Waals surface area (Å²) in [7, 11) is 0. The molecular weight excluding hydrogens is 306 g/mol. The van der Waals surface area contributed by atoms with Gasteiger partial charge in [-0.15, -0.1) is 0 Å². The summed E-state index contributed by atoms with van der Waals surface area (Å²) < 4.78 is 0. The van der Waals surface area contributed by atoms with Crippen molar-refractivity contribution < 1.29 is 9.72 Å². The van der Waals surface area contributed by atoms with Gasteiger partial charge in [0.2, 0.25) is 0 Å². The first-order valence-corrected chi connectivity index (χ1v) is 7.46. The van der Waals surface area contributed by atoms with Crippen LogP contribution in [0.3, 0.4) is 0 Å². The van der Waals surface area contributed by atoms with Gasteiger partial charge in [0.25, 0.3) is 11.6 Å². The van der Waals surface area contributed by atoms with Crippen LogP contribution in [0.15, 0.2) is 53.6 Å². The fourth-order valence-electron chi connectivity index (χ4n) is 2.11. The molecule has 0 atom stereocenters. The third-order valence-electron chi connectivity index (χ3n) is 3.52. The van der Waals surface area contributed by atoms with Crippen molar-refractivity contribution in [1.82, 2.24) is 5.43 Å². The lowest BCUT2D eigenvalue weighted by Gasteiger charge is -2.18. The molecule has 1 amide bonds. The van der Waals surface area contributed by atoms with Crippen LogP contribution in [0.2, 0.25) is 0 Å². The standard InChI is InChI=1S/C18H19N3O3/c1-18(2,3)15-10-8-13(9-11-15)17(22)20-19-12-14-6-4-5-7-16(14)21(23)24/h4-12H,1-3H3,(H,20,22). The molecule has 0 saturated carbocycles.